The van der Waals surface area contributed by atoms with Crippen LogP contribution in [0, 0.1) is 0 Å². The van der Waals surface area contributed by atoms with E-state index in [2.05, 4.69) is 11.9 Å². The van der Waals surface area contributed by atoms with Crippen molar-refractivity contribution < 1.29 is 9.47 Å². The Labute approximate surface area is 134 Å². The molecule has 1 heterocycles. The first kappa shape index (κ1) is 15.2. The van der Waals surface area contributed by atoms with E-state index in [0.717, 1.165) is 39.9 Å². The Bertz CT molecular complexity index is 883. The zero-order chi connectivity index (χ0) is 16.2. The molecule has 0 aliphatic rings. The number of benzene rings is 2. The molecule has 23 heavy (non-hydrogen) atoms. The molecule has 4 heteroatoms. The van der Waals surface area contributed by atoms with Gasteiger partial charge in [0.2, 0.25) is 5.56 Å². The van der Waals surface area contributed by atoms with Gasteiger partial charge in [-0.25, -0.2) is 0 Å². The number of hydrogen-bond acceptors (Lipinski definition) is 3. The molecule has 0 radical (unpaired) electrons. The Morgan fingerprint density at radius 3 is 2.65 bits per heavy atom. The van der Waals surface area contributed by atoms with Gasteiger partial charge in [0.25, 0.3) is 0 Å². The summed E-state index contributed by atoms with van der Waals surface area (Å²) in [6, 6.07) is 15.0. The molecule has 1 aromatic heterocycles. The molecule has 3 aromatic rings. The molecule has 3 rings (SSSR count). The minimum Gasteiger partial charge on any atom is -0.497 e. The SMILES string of the molecule is CCCOc1ccccc1-c1cc(=O)[nH]c2ccc(OC)cc12. The number of aromatic nitrogens is 1. The van der Waals surface area contributed by atoms with Gasteiger partial charge in [0.05, 0.1) is 13.7 Å². The highest BCUT2D eigenvalue weighted by atomic mass is 16.5. The fourth-order valence-corrected chi connectivity index (χ4v) is 2.61. The molecule has 0 bridgehead atoms. The van der Waals surface area contributed by atoms with E-state index in [1.807, 2.05) is 42.5 Å². The van der Waals surface area contributed by atoms with Crippen molar-refractivity contribution in [3.05, 3.63) is 58.9 Å². The highest BCUT2D eigenvalue weighted by molar-refractivity contribution is 5.96. The summed E-state index contributed by atoms with van der Waals surface area (Å²) in [7, 11) is 1.63. The fraction of sp³-hybridized carbons (Fsp3) is 0.211. The van der Waals surface area contributed by atoms with Crippen LogP contribution >= 0.6 is 0 Å². The molecule has 0 aliphatic heterocycles. The number of rotatable bonds is 5. The number of para-hydroxylation sites is 1. The van der Waals surface area contributed by atoms with Gasteiger partial charge in [0.15, 0.2) is 0 Å². The van der Waals surface area contributed by atoms with E-state index in [0.29, 0.717) is 6.61 Å². The second-order valence-corrected chi connectivity index (χ2v) is 5.30. The summed E-state index contributed by atoms with van der Waals surface area (Å²) in [6.07, 6.45) is 0.929. The van der Waals surface area contributed by atoms with Gasteiger partial charge in [0, 0.05) is 28.1 Å². The summed E-state index contributed by atoms with van der Waals surface area (Å²) in [5, 5.41) is 0.927. The van der Waals surface area contributed by atoms with Gasteiger partial charge in [-0.3, -0.25) is 4.79 Å². The Kier molecular flexibility index (Phi) is 4.33. The number of fused-ring (bicyclic) bond motifs is 1. The van der Waals surface area contributed by atoms with Crippen molar-refractivity contribution in [1.29, 1.82) is 0 Å². The van der Waals surface area contributed by atoms with Crippen molar-refractivity contribution in [3.8, 4) is 22.6 Å². The standard InChI is InChI=1S/C19H19NO3/c1-3-10-23-18-7-5-4-6-14(18)15-12-19(21)20-17-9-8-13(22-2)11-16(15)17/h4-9,11-12H,3,10H2,1-2H3,(H,20,21). The molecule has 2 aromatic carbocycles. The number of pyridine rings is 1. The maximum Gasteiger partial charge on any atom is 0.249 e. The van der Waals surface area contributed by atoms with Crippen LogP contribution in [-0.2, 0) is 0 Å². The summed E-state index contributed by atoms with van der Waals surface area (Å²) in [4.78, 5) is 14.9. The van der Waals surface area contributed by atoms with Crippen LogP contribution < -0.4 is 15.0 Å². The zero-order valence-electron chi connectivity index (χ0n) is 13.3. The molecule has 118 valence electrons. The van der Waals surface area contributed by atoms with Crippen LogP contribution in [-0.4, -0.2) is 18.7 Å². The van der Waals surface area contributed by atoms with Gasteiger partial charge in [0.1, 0.15) is 11.5 Å². The zero-order valence-corrected chi connectivity index (χ0v) is 13.3. The molecule has 0 atom stereocenters. The largest absolute Gasteiger partial charge is 0.497 e. The maximum absolute atomic E-state index is 12.0. The first-order chi connectivity index (χ1) is 11.2. The van der Waals surface area contributed by atoms with Gasteiger partial charge in [-0.2, -0.15) is 0 Å². The summed E-state index contributed by atoms with van der Waals surface area (Å²) >= 11 is 0. The average molecular weight is 309 g/mol. The second-order valence-electron chi connectivity index (χ2n) is 5.30. The lowest BCUT2D eigenvalue weighted by Gasteiger charge is -2.13. The first-order valence-electron chi connectivity index (χ1n) is 7.66. The lowest BCUT2D eigenvalue weighted by molar-refractivity contribution is 0.319. The highest BCUT2D eigenvalue weighted by Crippen LogP contribution is 2.34. The van der Waals surface area contributed by atoms with Crippen molar-refractivity contribution in [2.45, 2.75) is 13.3 Å². The minimum absolute atomic E-state index is 0.136. The third-order valence-corrected chi connectivity index (χ3v) is 3.69. The Hall–Kier alpha value is -2.75. The third-order valence-electron chi connectivity index (χ3n) is 3.69. The van der Waals surface area contributed by atoms with Crippen LogP contribution in [0.1, 0.15) is 13.3 Å². The summed E-state index contributed by atoms with van der Waals surface area (Å²) in [6.45, 7) is 2.71. The van der Waals surface area contributed by atoms with Gasteiger partial charge < -0.3 is 14.5 Å². The van der Waals surface area contributed by atoms with E-state index in [1.165, 1.54) is 0 Å². The number of H-pyrrole nitrogens is 1. The average Bonchev–Trinajstić information content (AvgIpc) is 2.59. The Morgan fingerprint density at radius 1 is 1.04 bits per heavy atom. The lowest BCUT2D eigenvalue weighted by atomic mass is 10.00. The van der Waals surface area contributed by atoms with Crippen molar-refractivity contribution in [2.24, 2.45) is 0 Å². The van der Waals surface area contributed by atoms with Crippen molar-refractivity contribution in [2.75, 3.05) is 13.7 Å². The van der Waals surface area contributed by atoms with Crippen LogP contribution in [0.2, 0.25) is 0 Å². The molecule has 0 saturated heterocycles. The molecule has 0 fully saturated rings. The number of ether oxygens (including phenoxy) is 2. The number of methoxy groups -OCH3 is 1. The summed E-state index contributed by atoms with van der Waals surface area (Å²) in [5.74, 6) is 1.53. The Morgan fingerprint density at radius 2 is 1.87 bits per heavy atom. The summed E-state index contributed by atoms with van der Waals surface area (Å²) < 4.78 is 11.2. The van der Waals surface area contributed by atoms with E-state index in [-0.39, 0.29) is 5.56 Å². The molecule has 1 N–H and O–H groups in total. The predicted molar refractivity (Wildman–Crippen MR) is 92.3 cm³/mol. The first-order valence-corrected chi connectivity index (χ1v) is 7.66. The maximum atomic E-state index is 12.0. The highest BCUT2D eigenvalue weighted by Gasteiger charge is 2.11. The molecular weight excluding hydrogens is 290 g/mol. The molecular formula is C19H19NO3. The molecule has 0 amide bonds. The van der Waals surface area contributed by atoms with Crippen molar-refractivity contribution in [3.63, 3.8) is 0 Å². The summed E-state index contributed by atoms with van der Waals surface area (Å²) in [5.41, 5.74) is 2.39. The molecule has 0 aliphatic carbocycles. The predicted octanol–water partition coefficient (Wildman–Crippen LogP) is 3.99. The van der Waals surface area contributed by atoms with E-state index in [4.69, 9.17) is 9.47 Å². The quantitative estimate of drug-likeness (QED) is 0.775. The van der Waals surface area contributed by atoms with Crippen LogP contribution in [0.5, 0.6) is 11.5 Å². The van der Waals surface area contributed by atoms with Crippen LogP contribution in [0.25, 0.3) is 22.0 Å². The third kappa shape index (κ3) is 3.06. The van der Waals surface area contributed by atoms with Crippen molar-refractivity contribution >= 4 is 10.9 Å². The van der Waals surface area contributed by atoms with Gasteiger partial charge in [-0.15, -0.1) is 0 Å². The molecule has 0 spiro atoms. The number of hydrogen-bond donors (Lipinski definition) is 1. The van der Waals surface area contributed by atoms with Crippen molar-refractivity contribution in [1.82, 2.24) is 4.98 Å². The van der Waals surface area contributed by atoms with Gasteiger partial charge in [-0.05, 0) is 30.7 Å². The Balaban J connectivity index is 2.25. The molecule has 4 nitrogen and oxygen atoms in total. The van der Waals surface area contributed by atoms with Crippen LogP contribution in [0.15, 0.2) is 53.3 Å². The molecule has 0 saturated carbocycles. The van der Waals surface area contributed by atoms with E-state index in [1.54, 1.807) is 13.2 Å². The van der Waals surface area contributed by atoms with E-state index >= 15 is 0 Å². The number of aromatic amines is 1. The number of nitrogens with one attached hydrogen (secondary N) is 1. The normalized spacial score (nSPS) is 10.7. The minimum atomic E-state index is -0.136. The van der Waals surface area contributed by atoms with E-state index in [9.17, 15) is 4.79 Å². The fourth-order valence-electron chi connectivity index (χ4n) is 2.61. The smallest absolute Gasteiger partial charge is 0.249 e. The van der Waals surface area contributed by atoms with Crippen LogP contribution in [0.3, 0.4) is 0 Å². The topological polar surface area (TPSA) is 51.3 Å². The second kappa shape index (κ2) is 6.57. The lowest BCUT2D eigenvalue weighted by Crippen LogP contribution is -2.05. The van der Waals surface area contributed by atoms with Crippen LogP contribution in [0.4, 0.5) is 0 Å². The van der Waals surface area contributed by atoms with Gasteiger partial charge in [-0.1, -0.05) is 25.1 Å². The monoisotopic (exact) mass is 309 g/mol. The molecule has 0 unspecified atom stereocenters. The van der Waals surface area contributed by atoms with Gasteiger partial charge >= 0.3 is 0 Å². The van der Waals surface area contributed by atoms with E-state index < -0.39 is 0 Å².